The molecule has 0 aliphatic rings. The number of hydrogen-bond acceptors (Lipinski definition) is 3. The van der Waals surface area contributed by atoms with Crippen LogP contribution in [0.4, 0.5) is 0 Å². The Hall–Kier alpha value is -7.13. The fourth-order valence-corrected chi connectivity index (χ4v) is 8.91. The third kappa shape index (κ3) is 8.51. The predicted octanol–water partition coefficient (Wildman–Crippen LogP) is 15.5. The molecule has 0 aliphatic carbocycles. The Morgan fingerprint density at radius 3 is 1.71 bits per heavy atom. The summed E-state index contributed by atoms with van der Waals surface area (Å²) in [5.41, 5.74) is 18.8. The van der Waals surface area contributed by atoms with Gasteiger partial charge in [-0.2, -0.15) is 0 Å². The normalized spacial score (nSPS) is 11.4. The molecule has 0 bridgehead atoms. The number of hydrogen-bond donors (Lipinski definition) is 1. The third-order valence-corrected chi connectivity index (χ3v) is 12.2. The van der Waals surface area contributed by atoms with Crippen molar-refractivity contribution in [3.63, 3.8) is 0 Å². The minimum absolute atomic E-state index is 0. The SMILES string of the molecule is Cc1cc(C)c(O)c(-c2nc3c(-c4[c-]c(-c5cc(-c6ccc(-c7ccccc7)cc6)ccn5)cc(-c5ccccc5)c4)cccc3n2-c2ccc(-c3ccccc3)cc2C(C)(C)C)c1.[Pt]. The van der Waals surface area contributed by atoms with Gasteiger partial charge in [-0.3, -0.25) is 9.55 Å². The van der Waals surface area contributed by atoms with E-state index in [0.717, 1.165) is 83.6 Å². The Kier molecular flexibility index (Phi) is 11.8. The molecule has 0 atom stereocenters. The Labute approximate surface area is 396 Å². The third-order valence-electron chi connectivity index (χ3n) is 12.2. The van der Waals surface area contributed by atoms with Crippen LogP contribution in [0.2, 0.25) is 0 Å². The molecule has 0 spiro atoms. The van der Waals surface area contributed by atoms with E-state index >= 15 is 0 Å². The number of pyridine rings is 1. The topological polar surface area (TPSA) is 50.9 Å². The summed E-state index contributed by atoms with van der Waals surface area (Å²) in [6.45, 7) is 10.8. The first-order chi connectivity index (χ1) is 31.1. The van der Waals surface area contributed by atoms with Gasteiger partial charge in [0.2, 0.25) is 0 Å². The number of imidazole rings is 1. The van der Waals surface area contributed by atoms with Crippen LogP contribution in [-0.4, -0.2) is 19.6 Å². The molecule has 5 heteroatoms. The van der Waals surface area contributed by atoms with Crippen LogP contribution in [0.5, 0.6) is 5.75 Å². The van der Waals surface area contributed by atoms with Crippen molar-refractivity contribution < 1.29 is 26.2 Å². The number of aromatic hydroxyl groups is 1. The zero-order chi connectivity index (χ0) is 44.0. The minimum atomic E-state index is -0.228. The average molecular weight is 1020 g/mol. The van der Waals surface area contributed by atoms with E-state index in [0.29, 0.717) is 11.4 Å². The summed E-state index contributed by atoms with van der Waals surface area (Å²) in [4.78, 5) is 10.5. The van der Waals surface area contributed by atoms with Gasteiger partial charge in [-0.1, -0.05) is 183 Å². The van der Waals surface area contributed by atoms with Crippen molar-refractivity contribution in [3.8, 4) is 89.7 Å². The van der Waals surface area contributed by atoms with Gasteiger partial charge >= 0.3 is 0 Å². The maximum Gasteiger partial charge on any atom is 0.148 e. The van der Waals surface area contributed by atoms with Crippen LogP contribution in [0.3, 0.4) is 0 Å². The Bertz CT molecular complexity index is 3310. The molecule has 2 heterocycles. The summed E-state index contributed by atoms with van der Waals surface area (Å²) < 4.78 is 2.25. The van der Waals surface area contributed by atoms with Gasteiger partial charge in [0, 0.05) is 33.0 Å². The van der Waals surface area contributed by atoms with Crippen molar-refractivity contribution in [2.75, 3.05) is 0 Å². The first-order valence-electron chi connectivity index (χ1n) is 21.9. The van der Waals surface area contributed by atoms with Crippen molar-refractivity contribution in [1.29, 1.82) is 0 Å². The monoisotopic (exact) mass is 1020 g/mol. The van der Waals surface area contributed by atoms with Crippen LogP contribution in [-0.2, 0) is 26.5 Å². The molecule has 4 nitrogen and oxygen atoms in total. The fourth-order valence-electron chi connectivity index (χ4n) is 8.91. The standard InChI is InChI=1S/C60H48N3O.Pt/c1-39-32-40(2)58(64)52(33-39)59-62-57-51(22-15-23-56(57)63(59)55-29-28-46(37-53(55)60(3,4)5)42-18-11-7-12-19-42)49-34-48(43-20-13-8-14-21-43)35-50(36-49)54-38-47(30-31-61-54)45-26-24-44(25-27-45)41-16-9-6-10-17-41;/h6-35,37-38,64H,1-5H3;/q-1;. The molecule has 0 amide bonds. The fraction of sp³-hybridized carbons (Fsp3) is 0.100. The number of benzene rings is 8. The number of rotatable bonds is 8. The van der Waals surface area contributed by atoms with Crippen molar-refractivity contribution >= 4 is 11.0 Å². The number of phenolic OH excluding ortho intramolecular Hbond substituents is 1. The van der Waals surface area contributed by atoms with Gasteiger partial charge in [-0.15, -0.1) is 23.8 Å². The van der Waals surface area contributed by atoms with E-state index in [1.54, 1.807) is 0 Å². The average Bonchev–Trinajstić information content (AvgIpc) is 3.72. The number of phenols is 1. The molecule has 10 rings (SSSR count). The molecular formula is C60H48N3OPt-. The molecule has 0 fully saturated rings. The first-order valence-corrected chi connectivity index (χ1v) is 21.9. The van der Waals surface area contributed by atoms with E-state index in [-0.39, 0.29) is 32.2 Å². The molecule has 8 aromatic carbocycles. The summed E-state index contributed by atoms with van der Waals surface area (Å²) in [5.74, 6) is 0.902. The van der Waals surface area contributed by atoms with Gasteiger partial charge in [0.1, 0.15) is 11.6 Å². The van der Waals surface area contributed by atoms with Crippen LogP contribution >= 0.6 is 0 Å². The van der Waals surface area contributed by atoms with Gasteiger partial charge in [0.15, 0.2) is 0 Å². The van der Waals surface area contributed by atoms with Crippen molar-refractivity contribution in [1.82, 2.24) is 14.5 Å². The molecule has 320 valence electrons. The van der Waals surface area contributed by atoms with E-state index in [9.17, 15) is 5.11 Å². The summed E-state index contributed by atoms with van der Waals surface area (Å²) in [7, 11) is 0. The Morgan fingerprint density at radius 2 is 1.06 bits per heavy atom. The number of nitrogens with zero attached hydrogens (tertiary/aromatic N) is 3. The Balaban J connectivity index is 0.00000533. The van der Waals surface area contributed by atoms with E-state index in [2.05, 4.69) is 202 Å². The van der Waals surface area contributed by atoms with E-state index in [4.69, 9.17) is 9.97 Å². The van der Waals surface area contributed by atoms with E-state index in [1.165, 1.54) is 16.7 Å². The van der Waals surface area contributed by atoms with Gasteiger partial charge in [-0.25, -0.2) is 4.98 Å². The quantitative estimate of drug-likeness (QED) is 0.154. The zero-order valence-corrected chi connectivity index (χ0v) is 39.4. The molecule has 65 heavy (non-hydrogen) atoms. The van der Waals surface area contributed by atoms with Crippen molar-refractivity contribution in [3.05, 3.63) is 217 Å². The van der Waals surface area contributed by atoms with Gasteiger partial charge in [0.05, 0.1) is 22.3 Å². The Morgan fingerprint density at radius 1 is 0.508 bits per heavy atom. The number of aryl methyl sites for hydroxylation is 2. The van der Waals surface area contributed by atoms with E-state index in [1.807, 2.05) is 37.4 Å². The first kappa shape index (κ1) is 43.1. The maximum atomic E-state index is 11.8. The van der Waals surface area contributed by atoms with Crippen LogP contribution < -0.4 is 0 Å². The summed E-state index contributed by atoms with van der Waals surface area (Å²) >= 11 is 0. The largest absolute Gasteiger partial charge is 0.507 e. The van der Waals surface area contributed by atoms with Gasteiger partial charge in [-0.05, 0) is 105 Å². The molecule has 0 aliphatic heterocycles. The number of aromatic nitrogens is 3. The second kappa shape index (κ2) is 17.8. The van der Waals surface area contributed by atoms with Gasteiger partial charge < -0.3 is 5.11 Å². The molecule has 0 radical (unpaired) electrons. The molecule has 0 saturated heterocycles. The van der Waals surface area contributed by atoms with Crippen molar-refractivity contribution in [2.45, 2.75) is 40.0 Å². The molecule has 1 N–H and O–H groups in total. The summed E-state index contributed by atoms with van der Waals surface area (Å²) in [6.07, 6.45) is 1.89. The zero-order valence-electron chi connectivity index (χ0n) is 37.1. The summed E-state index contributed by atoms with van der Waals surface area (Å²) in [6, 6.07) is 69.8. The second-order valence-corrected chi connectivity index (χ2v) is 17.7. The number of fused-ring (bicyclic) bond motifs is 1. The molecule has 0 saturated carbocycles. The maximum absolute atomic E-state index is 11.8. The minimum Gasteiger partial charge on any atom is -0.507 e. The molecule has 0 unspecified atom stereocenters. The molecule has 2 aromatic heterocycles. The summed E-state index contributed by atoms with van der Waals surface area (Å²) in [5, 5.41) is 11.8. The number of para-hydroxylation sites is 1. The molecule has 10 aromatic rings. The van der Waals surface area contributed by atoms with Crippen LogP contribution in [0, 0.1) is 19.9 Å². The van der Waals surface area contributed by atoms with Crippen LogP contribution in [0.1, 0.15) is 37.5 Å². The van der Waals surface area contributed by atoms with Crippen LogP contribution in [0.15, 0.2) is 194 Å². The van der Waals surface area contributed by atoms with Gasteiger partial charge in [0.25, 0.3) is 0 Å². The second-order valence-electron chi connectivity index (χ2n) is 17.7. The van der Waals surface area contributed by atoms with E-state index < -0.39 is 0 Å². The van der Waals surface area contributed by atoms with Crippen LogP contribution in [0.25, 0.3) is 95.0 Å². The van der Waals surface area contributed by atoms with Crippen molar-refractivity contribution in [2.24, 2.45) is 0 Å². The molecular weight excluding hydrogens is 974 g/mol. The predicted molar refractivity (Wildman–Crippen MR) is 266 cm³/mol. The smallest absolute Gasteiger partial charge is 0.148 e.